The van der Waals surface area contributed by atoms with Crippen LogP contribution in [0.25, 0.3) is 0 Å². The number of rotatable bonds is 1. The lowest BCUT2D eigenvalue weighted by molar-refractivity contribution is -0.144. The normalized spacial score (nSPS) is 19.2. The van der Waals surface area contributed by atoms with E-state index in [0.29, 0.717) is 18.8 Å². The summed E-state index contributed by atoms with van der Waals surface area (Å²) in [5.41, 5.74) is -0.311. The van der Waals surface area contributed by atoms with Crippen molar-refractivity contribution >= 4 is 27.7 Å². The van der Waals surface area contributed by atoms with Crippen LogP contribution < -0.4 is 0 Å². The van der Waals surface area contributed by atoms with Crippen LogP contribution in [0, 0.1) is 0 Å². The molecule has 18 heavy (non-hydrogen) atoms. The summed E-state index contributed by atoms with van der Waals surface area (Å²) in [5.74, 6) is -0.181. The number of nitrogens with zero attached hydrogens (tertiary/aromatic N) is 2. The molecular weight excluding hydrogens is 298 g/mol. The third-order valence-electron chi connectivity index (χ3n) is 3.33. The molecule has 1 aromatic rings. The quantitative estimate of drug-likeness (QED) is 0.853. The van der Waals surface area contributed by atoms with Gasteiger partial charge in [0, 0.05) is 30.8 Å². The first-order chi connectivity index (χ1) is 8.34. The number of carbonyl (C=O) groups excluding carboxylic acids is 2. The maximum atomic E-state index is 12.4. The smallest absolute Gasteiger partial charge is 0.271 e. The molecule has 1 aliphatic rings. The molecule has 6 heteroatoms. The molecule has 0 spiro atoms. The van der Waals surface area contributed by atoms with Gasteiger partial charge in [-0.05, 0) is 35.8 Å². The van der Waals surface area contributed by atoms with Gasteiger partial charge in [-0.3, -0.25) is 9.59 Å². The lowest BCUT2D eigenvalue weighted by Gasteiger charge is -2.44. The van der Waals surface area contributed by atoms with Gasteiger partial charge in [0.25, 0.3) is 5.91 Å². The SMILES string of the molecule is CN1CCN(C(=O)c2cc(Br)c[nH]2)C(C)(C)C1=O. The highest BCUT2D eigenvalue weighted by atomic mass is 79.9. The van der Waals surface area contributed by atoms with Crippen molar-refractivity contribution in [3.8, 4) is 0 Å². The Morgan fingerprint density at radius 1 is 1.44 bits per heavy atom. The van der Waals surface area contributed by atoms with Crippen LogP contribution in [0.15, 0.2) is 16.7 Å². The second kappa shape index (κ2) is 4.42. The second-order valence-corrected chi connectivity index (χ2v) is 5.89. The third-order valence-corrected chi connectivity index (χ3v) is 3.79. The summed E-state index contributed by atoms with van der Waals surface area (Å²) in [6.07, 6.45) is 1.71. The number of amides is 2. The monoisotopic (exact) mass is 313 g/mol. The predicted octanol–water partition coefficient (Wildman–Crippen LogP) is 1.47. The fraction of sp³-hybridized carbons (Fsp3) is 0.500. The minimum Gasteiger partial charge on any atom is -0.356 e. The minimum atomic E-state index is -0.804. The number of H-pyrrole nitrogens is 1. The molecule has 0 aliphatic carbocycles. The largest absolute Gasteiger partial charge is 0.356 e. The van der Waals surface area contributed by atoms with E-state index in [-0.39, 0.29) is 11.8 Å². The highest BCUT2D eigenvalue weighted by Gasteiger charge is 2.43. The average molecular weight is 314 g/mol. The van der Waals surface area contributed by atoms with E-state index in [1.807, 2.05) is 0 Å². The first kappa shape index (κ1) is 13.1. The van der Waals surface area contributed by atoms with Gasteiger partial charge < -0.3 is 14.8 Å². The van der Waals surface area contributed by atoms with Gasteiger partial charge in [-0.2, -0.15) is 0 Å². The maximum absolute atomic E-state index is 12.4. The topological polar surface area (TPSA) is 56.4 Å². The first-order valence-corrected chi connectivity index (χ1v) is 6.55. The molecule has 2 rings (SSSR count). The number of piperazine rings is 1. The lowest BCUT2D eigenvalue weighted by atomic mass is 9.97. The third kappa shape index (κ3) is 2.05. The summed E-state index contributed by atoms with van der Waals surface area (Å²) in [6.45, 7) is 4.67. The van der Waals surface area contributed by atoms with Gasteiger partial charge in [-0.25, -0.2) is 0 Å². The summed E-state index contributed by atoms with van der Waals surface area (Å²) in [7, 11) is 1.76. The highest BCUT2D eigenvalue weighted by Crippen LogP contribution is 2.24. The molecule has 0 bridgehead atoms. The zero-order chi connectivity index (χ0) is 13.5. The lowest BCUT2D eigenvalue weighted by Crippen LogP contribution is -2.63. The number of aromatic amines is 1. The van der Waals surface area contributed by atoms with E-state index in [9.17, 15) is 9.59 Å². The van der Waals surface area contributed by atoms with E-state index in [1.165, 1.54) is 0 Å². The van der Waals surface area contributed by atoms with Crippen LogP contribution in [-0.2, 0) is 4.79 Å². The Labute approximate surface area is 114 Å². The Morgan fingerprint density at radius 2 is 2.11 bits per heavy atom. The minimum absolute atomic E-state index is 0.0345. The van der Waals surface area contributed by atoms with E-state index in [4.69, 9.17) is 0 Å². The van der Waals surface area contributed by atoms with Crippen LogP contribution in [0.1, 0.15) is 24.3 Å². The van der Waals surface area contributed by atoms with Gasteiger partial charge in [0.1, 0.15) is 11.2 Å². The Kier molecular flexibility index (Phi) is 3.23. The van der Waals surface area contributed by atoms with E-state index in [2.05, 4.69) is 20.9 Å². The first-order valence-electron chi connectivity index (χ1n) is 5.75. The van der Waals surface area contributed by atoms with Crippen LogP contribution in [0.5, 0.6) is 0 Å². The van der Waals surface area contributed by atoms with Crippen molar-refractivity contribution in [2.75, 3.05) is 20.1 Å². The zero-order valence-corrected chi connectivity index (χ0v) is 12.2. The number of likely N-dealkylation sites (N-methyl/N-ethyl adjacent to an activating group) is 1. The number of halogens is 1. The van der Waals surface area contributed by atoms with Crippen molar-refractivity contribution < 1.29 is 9.59 Å². The fourth-order valence-electron chi connectivity index (χ4n) is 2.21. The molecule has 98 valence electrons. The van der Waals surface area contributed by atoms with Crippen molar-refractivity contribution in [2.45, 2.75) is 19.4 Å². The van der Waals surface area contributed by atoms with E-state index < -0.39 is 5.54 Å². The van der Waals surface area contributed by atoms with Gasteiger partial charge in [-0.1, -0.05) is 0 Å². The number of nitrogens with one attached hydrogen (secondary N) is 1. The molecule has 0 saturated carbocycles. The summed E-state index contributed by atoms with van der Waals surface area (Å²) < 4.78 is 0.823. The maximum Gasteiger partial charge on any atom is 0.271 e. The molecule has 2 heterocycles. The van der Waals surface area contributed by atoms with Crippen molar-refractivity contribution in [2.24, 2.45) is 0 Å². The molecular formula is C12H16BrN3O2. The van der Waals surface area contributed by atoms with Gasteiger partial charge in [0.2, 0.25) is 5.91 Å². The van der Waals surface area contributed by atoms with Crippen LogP contribution >= 0.6 is 15.9 Å². The fourth-order valence-corrected chi connectivity index (χ4v) is 2.55. The standard InChI is InChI=1S/C12H16BrN3O2/c1-12(2)11(18)15(3)4-5-16(12)10(17)9-6-8(13)7-14-9/h6-7,14H,4-5H2,1-3H3. The van der Waals surface area contributed by atoms with Gasteiger partial charge in [0.15, 0.2) is 0 Å². The number of carbonyl (C=O) groups is 2. The van der Waals surface area contributed by atoms with E-state index in [1.54, 1.807) is 43.0 Å². The molecule has 1 aliphatic heterocycles. The van der Waals surface area contributed by atoms with Crippen LogP contribution in [-0.4, -0.2) is 52.3 Å². The molecule has 0 radical (unpaired) electrons. The highest BCUT2D eigenvalue weighted by molar-refractivity contribution is 9.10. The predicted molar refractivity (Wildman–Crippen MR) is 71.2 cm³/mol. The van der Waals surface area contributed by atoms with Crippen LogP contribution in [0.3, 0.4) is 0 Å². The number of hydrogen-bond acceptors (Lipinski definition) is 2. The summed E-state index contributed by atoms with van der Waals surface area (Å²) in [5, 5.41) is 0. The number of aromatic nitrogens is 1. The van der Waals surface area contributed by atoms with Gasteiger partial charge in [0.05, 0.1) is 0 Å². The van der Waals surface area contributed by atoms with Crippen LogP contribution in [0.2, 0.25) is 0 Å². The molecule has 0 aromatic carbocycles. The molecule has 2 amide bonds. The summed E-state index contributed by atoms with van der Waals surface area (Å²) in [4.78, 5) is 30.7. The molecule has 0 unspecified atom stereocenters. The molecule has 0 atom stereocenters. The zero-order valence-electron chi connectivity index (χ0n) is 10.7. The summed E-state index contributed by atoms with van der Waals surface area (Å²) in [6, 6.07) is 1.72. The van der Waals surface area contributed by atoms with Gasteiger partial charge in [-0.15, -0.1) is 0 Å². The van der Waals surface area contributed by atoms with Gasteiger partial charge >= 0.3 is 0 Å². The van der Waals surface area contributed by atoms with E-state index in [0.717, 1.165) is 4.47 Å². The molecule has 1 aromatic heterocycles. The van der Waals surface area contributed by atoms with Crippen molar-refractivity contribution in [3.05, 3.63) is 22.4 Å². The molecule has 1 N–H and O–H groups in total. The van der Waals surface area contributed by atoms with Crippen molar-refractivity contribution in [3.63, 3.8) is 0 Å². The Morgan fingerprint density at radius 3 is 2.67 bits per heavy atom. The Bertz CT molecular complexity index is 495. The van der Waals surface area contributed by atoms with Crippen LogP contribution in [0.4, 0.5) is 0 Å². The second-order valence-electron chi connectivity index (χ2n) is 4.97. The molecule has 5 nitrogen and oxygen atoms in total. The summed E-state index contributed by atoms with van der Waals surface area (Å²) >= 11 is 3.30. The molecule has 1 fully saturated rings. The van der Waals surface area contributed by atoms with Crippen molar-refractivity contribution in [1.29, 1.82) is 0 Å². The van der Waals surface area contributed by atoms with Crippen molar-refractivity contribution in [1.82, 2.24) is 14.8 Å². The Hall–Kier alpha value is -1.30. The van der Waals surface area contributed by atoms with E-state index >= 15 is 0 Å². The number of hydrogen-bond donors (Lipinski definition) is 1. The average Bonchev–Trinajstić information content (AvgIpc) is 2.72. The Balaban J connectivity index is 2.28. The molecule has 1 saturated heterocycles.